The second-order valence-corrected chi connectivity index (χ2v) is 3.22. The van der Waals surface area contributed by atoms with Crippen LogP contribution >= 0.6 is 0 Å². The van der Waals surface area contributed by atoms with Gasteiger partial charge in [-0.15, -0.1) is 0 Å². The Hall–Kier alpha value is -0.730. The SMILES string of the molecule is CC(N)=O.OC[C@H]1OC(O)C[C@@H](O)[C@@H]1O. The summed E-state index contributed by atoms with van der Waals surface area (Å²) in [6.45, 7) is 0.898. The maximum atomic E-state index is 9.22. The first-order valence-electron chi connectivity index (χ1n) is 4.45. The summed E-state index contributed by atoms with van der Waals surface area (Å²) in [5.74, 6) is -0.333. The van der Waals surface area contributed by atoms with Crippen LogP contribution in [-0.4, -0.2) is 57.5 Å². The first-order chi connectivity index (χ1) is 6.88. The monoisotopic (exact) mass is 223 g/mol. The van der Waals surface area contributed by atoms with E-state index in [9.17, 15) is 4.79 Å². The Balaban J connectivity index is 0.000000423. The zero-order valence-electron chi connectivity index (χ0n) is 8.41. The number of hydrogen-bond acceptors (Lipinski definition) is 6. The van der Waals surface area contributed by atoms with Crippen molar-refractivity contribution in [3.63, 3.8) is 0 Å². The predicted molar refractivity (Wildman–Crippen MR) is 49.5 cm³/mol. The molecule has 0 spiro atoms. The van der Waals surface area contributed by atoms with Gasteiger partial charge in [0, 0.05) is 13.3 Å². The molecule has 0 bridgehead atoms. The minimum Gasteiger partial charge on any atom is -0.394 e. The van der Waals surface area contributed by atoms with Gasteiger partial charge >= 0.3 is 0 Å². The normalized spacial score (nSPS) is 35.3. The van der Waals surface area contributed by atoms with E-state index in [1.54, 1.807) is 0 Å². The standard InChI is InChI=1S/C6H12O5.C2H5NO/c7-2-4-6(10)3(8)1-5(9)11-4;1-2(3)4/h3-10H,1-2H2;1H3,(H2,3,4)/t3-,4-,5?,6+;/m1./s1. The van der Waals surface area contributed by atoms with E-state index in [-0.39, 0.29) is 12.3 Å². The molecular weight excluding hydrogens is 206 g/mol. The molecule has 1 saturated heterocycles. The molecule has 6 N–H and O–H groups in total. The van der Waals surface area contributed by atoms with Gasteiger partial charge in [-0.25, -0.2) is 0 Å². The number of carbonyl (C=O) groups is 1. The first kappa shape index (κ1) is 14.3. The average molecular weight is 223 g/mol. The third-order valence-corrected chi connectivity index (χ3v) is 1.73. The van der Waals surface area contributed by atoms with Gasteiger partial charge in [-0.2, -0.15) is 0 Å². The van der Waals surface area contributed by atoms with Crippen LogP contribution in [0, 0.1) is 0 Å². The van der Waals surface area contributed by atoms with Crippen LogP contribution in [0.5, 0.6) is 0 Å². The molecule has 4 atom stereocenters. The highest BCUT2D eigenvalue weighted by Crippen LogP contribution is 2.18. The smallest absolute Gasteiger partial charge is 0.214 e. The van der Waals surface area contributed by atoms with Crippen LogP contribution in [0.4, 0.5) is 0 Å². The molecule has 1 aliphatic heterocycles. The molecule has 1 fully saturated rings. The summed E-state index contributed by atoms with van der Waals surface area (Å²) in [7, 11) is 0. The molecule has 7 nitrogen and oxygen atoms in total. The number of nitrogens with two attached hydrogens (primary N) is 1. The highest BCUT2D eigenvalue weighted by atomic mass is 16.6. The Morgan fingerprint density at radius 2 is 1.93 bits per heavy atom. The van der Waals surface area contributed by atoms with Gasteiger partial charge in [0.1, 0.15) is 12.2 Å². The molecule has 0 aromatic rings. The van der Waals surface area contributed by atoms with Crippen molar-refractivity contribution >= 4 is 5.91 Å². The molecule has 1 unspecified atom stereocenters. The zero-order valence-corrected chi connectivity index (χ0v) is 8.41. The summed E-state index contributed by atoms with van der Waals surface area (Å²) in [6, 6.07) is 0. The lowest BCUT2D eigenvalue weighted by atomic mass is 10.0. The van der Waals surface area contributed by atoms with Gasteiger partial charge in [0.2, 0.25) is 5.91 Å². The van der Waals surface area contributed by atoms with Crippen molar-refractivity contribution in [2.24, 2.45) is 5.73 Å². The van der Waals surface area contributed by atoms with Crippen molar-refractivity contribution in [3.8, 4) is 0 Å². The lowest BCUT2D eigenvalue weighted by Crippen LogP contribution is -2.49. The fraction of sp³-hybridized carbons (Fsp3) is 0.875. The molecule has 1 amide bonds. The van der Waals surface area contributed by atoms with Gasteiger partial charge in [0.25, 0.3) is 0 Å². The van der Waals surface area contributed by atoms with Crippen LogP contribution in [0.2, 0.25) is 0 Å². The van der Waals surface area contributed by atoms with Crippen molar-refractivity contribution in [2.45, 2.75) is 37.9 Å². The second kappa shape index (κ2) is 6.70. The summed E-state index contributed by atoms with van der Waals surface area (Å²) in [5.41, 5.74) is 4.47. The number of ether oxygens (including phenoxy) is 1. The predicted octanol–water partition coefficient (Wildman–Crippen LogP) is -2.70. The van der Waals surface area contributed by atoms with E-state index in [1.807, 2.05) is 0 Å². The van der Waals surface area contributed by atoms with Crippen molar-refractivity contribution in [1.29, 1.82) is 0 Å². The van der Waals surface area contributed by atoms with E-state index in [4.69, 9.17) is 25.2 Å². The number of aliphatic hydroxyl groups is 4. The molecule has 0 aliphatic carbocycles. The minimum atomic E-state index is -1.11. The van der Waals surface area contributed by atoms with E-state index < -0.39 is 31.2 Å². The Morgan fingerprint density at radius 1 is 1.47 bits per heavy atom. The molecule has 7 heteroatoms. The van der Waals surface area contributed by atoms with Crippen LogP contribution in [0.1, 0.15) is 13.3 Å². The van der Waals surface area contributed by atoms with Crippen LogP contribution < -0.4 is 5.73 Å². The first-order valence-corrected chi connectivity index (χ1v) is 4.45. The van der Waals surface area contributed by atoms with Crippen LogP contribution in [0.25, 0.3) is 0 Å². The average Bonchev–Trinajstić information content (AvgIpc) is 2.10. The molecule has 1 aliphatic rings. The number of hydrogen-bond donors (Lipinski definition) is 5. The quantitative estimate of drug-likeness (QED) is 0.328. The van der Waals surface area contributed by atoms with Gasteiger partial charge in [-0.05, 0) is 0 Å². The summed E-state index contributed by atoms with van der Waals surface area (Å²) in [5, 5.41) is 35.6. The number of rotatable bonds is 1. The van der Waals surface area contributed by atoms with Crippen LogP contribution in [-0.2, 0) is 9.53 Å². The van der Waals surface area contributed by atoms with E-state index >= 15 is 0 Å². The third-order valence-electron chi connectivity index (χ3n) is 1.73. The lowest BCUT2D eigenvalue weighted by Gasteiger charge is -2.33. The molecule has 90 valence electrons. The van der Waals surface area contributed by atoms with Gasteiger partial charge in [0.15, 0.2) is 6.29 Å². The molecule has 0 aromatic heterocycles. The largest absolute Gasteiger partial charge is 0.394 e. The number of amides is 1. The summed E-state index contributed by atoms with van der Waals surface area (Å²) in [4.78, 5) is 9.22. The maximum Gasteiger partial charge on any atom is 0.214 e. The number of carbonyl (C=O) groups excluding carboxylic acids is 1. The fourth-order valence-corrected chi connectivity index (χ4v) is 1.08. The molecule has 15 heavy (non-hydrogen) atoms. The van der Waals surface area contributed by atoms with E-state index in [0.717, 1.165) is 0 Å². The van der Waals surface area contributed by atoms with Gasteiger partial charge < -0.3 is 30.9 Å². The van der Waals surface area contributed by atoms with Crippen molar-refractivity contribution in [2.75, 3.05) is 6.61 Å². The van der Waals surface area contributed by atoms with Crippen LogP contribution in [0.15, 0.2) is 0 Å². The number of aliphatic hydroxyl groups excluding tert-OH is 4. The Kier molecular flexibility index (Phi) is 6.37. The van der Waals surface area contributed by atoms with E-state index in [2.05, 4.69) is 5.73 Å². The molecule has 1 heterocycles. The van der Waals surface area contributed by atoms with Gasteiger partial charge in [0.05, 0.1) is 12.7 Å². The number of primary amides is 1. The highest BCUT2D eigenvalue weighted by Gasteiger charge is 2.35. The van der Waals surface area contributed by atoms with Crippen molar-refractivity contribution in [3.05, 3.63) is 0 Å². The third kappa shape index (κ3) is 5.65. The fourth-order valence-electron chi connectivity index (χ4n) is 1.08. The zero-order chi connectivity index (χ0) is 12.0. The molecular formula is C8H17NO6. The van der Waals surface area contributed by atoms with Crippen LogP contribution in [0.3, 0.4) is 0 Å². The Bertz CT molecular complexity index is 196. The van der Waals surface area contributed by atoms with E-state index in [0.29, 0.717) is 0 Å². The minimum absolute atomic E-state index is 0.0162. The van der Waals surface area contributed by atoms with Crippen molar-refractivity contribution < 1.29 is 30.0 Å². The molecule has 0 saturated carbocycles. The summed E-state index contributed by atoms with van der Waals surface area (Å²) < 4.78 is 4.71. The highest BCUT2D eigenvalue weighted by molar-refractivity contribution is 5.70. The summed E-state index contributed by atoms with van der Waals surface area (Å²) >= 11 is 0. The summed E-state index contributed by atoms with van der Waals surface area (Å²) in [6.07, 6.45) is -4.11. The van der Waals surface area contributed by atoms with Gasteiger partial charge in [-0.3, -0.25) is 4.79 Å². The maximum absolute atomic E-state index is 9.22. The molecule has 0 radical (unpaired) electrons. The van der Waals surface area contributed by atoms with E-state index in [1.165, 1.54) is 6.92 Å². The Labute approximate surface area is 87.1 Å². The molecule has 0 aromatic carbocycles. The second-order valence-electron chi connectivity index (χ2n) is 3.22. The lowest BCUT2D eigenvalue weighted by molar-refractivity contribution is -0.239. The van der Waals surface area contributed by atoms with Crippen molar-refractivity contribution in [1.82, 2.24) is 0 Å². The Morgan fingerprint density at radius 3 is 2.33 bits per heavy atom. The topological polar surface area (TPSA) is 133 Å². The van der Waals surface area contributed by atoms with Gasteiger partial charge in [-0.1, -0.05) is 0 Å². The molecule has 1 rings (SSSR count).